The van der Waals surface area contributed by atoms with Crippen molar-refractivity contribution in [1.29, 1.82) is 0 Å². The van der Waals surface area contributed by atoms with Gasteiger partial charge in [-0.15, -0.1) is 0 Å². The molecular weight excluding hydrogens is 406 g/mol. The Labute approximate surface area is 181 Å². The van der Waals surface area contributed by atoms with Gasteiger partial charge >= 0.3 is 0 Å². The van der Waals surface area contributed by atoms with Crippen molar-refractivity contribution in [2.24, 2.45) is 17.9 Å². The molecule has 4 rings (SSSR count). The van der Waals surface area contributed by atoms with Crippen molar-refractivity contribution in [3.8, 4) is 0 Å². The molecule has 2 N–H and O–H groups in total. The highest BCUT2D eigenvalue weighted by atomic mass is 35.5. The van der Waals surface area contributed by atoms with Crippen LogP contribution in [0.15, 0.2) is 18.6 Å². The maximum Gasteiger partial charge on any atom is 0.253 e. The van der Waals surface area contributed by atoms with Crippen molar-refractivity contribution < 1.29 is 9.90 Å². The van der Waals surface area contributed by atoms with Gasteiger partial charge in [-0.1, -0.05) is 25.4 Å². The van der Waals surface area contributed by atoms with E-state index >= 15 is 0 Å². The summed E-state index contributed by atoms with van der Waals surface area (Å²) in [5.41, 5.74) is -0.852. The van der Waals surface area contributed by atoms with E-state index in [9.17, 15) is 9.90 Å². The minimum Gasteiger partial charge on any atom is -0.381 e. The minimum atomic E-state index is -1.37. The van der Waals surface area contributed by atoms with E-state index in [0.29, 0.717) is 43.0 Å². The fraction of sp³-hybridized carbons (Fsp3) is 0.600. The van der Waals surface area contributed by atoms with Crippen LogP contribution >= 0.6 is 11.6 Å². The van der Waals surface area contributed by atoms with Gasteiger partial charge in [0.1, 0.15) is 10.6 Å². The summed E-state index contributed by atoms with van der Waals surface area (Å²) < 4.78 is 1.70. The standard InChI is InChI=1S/C20H28ClN7O2/c1-18(2,30)16(29)28-11-19(3)9-27(10-20(19,4)12-28)15-14(21)7-22-17(25-15)24-13-6-23-26(5)8-13/h6-8,30H,9-12H2,1-5H3,(H,22,24,25)/t19-,20+. The molecular formula is C20H28ClN7O2. The fourth-order valence-corrected chi connectivity index (χ4v) is 4.81. The Bertz CT molecular complexity index is 968. The summed E-state index contributed by atoms with van der Waals surface area (Å²) >= 11 is 6.46. The first-order chi connectivity index (χ1) is 13.9. The SMILES string of the molecule is Cn1cc(Nc2ncc(Cl)c(N3C[C@]4(C)CN(C(=O)C(C)(C)O)C[C@]4(C)C3)n2)cn1. The number of aromatic nitrogens is 4. The molecule has 4 heterocycles. The third kappa shape index (κ3) is 3.50. The van der Waals surface area contributed by atoms with Crippen LogP contribution in [0.1, 0.15) is 27.7 Å². The molecule has 2 aliphatic heterocycles. The number of rotatable bonds is 4. The van der Waals surface area contributed by atoms with Crippen molar-refractivity contribution in [3.05, 3.63) is 23.6 Å². The maximum atomic E-state index is 12.6. The van der Waals surface area contributed by atoms with Crippen LogP contribution in [0.2, 0.25) is 5.02 Å². The van der Waals surface area contributed by atoms with Crippen molar-refractivity contribution >= 4 is 35.0 Å². The number of likely N-dealkylation sites (tertiary alicyclic amines) is 1. The van der Waals surface area contributed by atoms with Crippen molar-refractivity contribution in [3.63, 3.8) is 0 Å². The molecule has 1 amide bonds. The van der Waals surface area contributed by atoms with Gasteiger partial charge in [-0.2, -0.15) is 10.1 Å². The quantitative estimate of drug-likeness (QED) is 0.761. The summed E-state index contributed by atoms with van der Waals surface area (Å²) in [5.74, 6) is 0.901. The van der Waals surface area contributed by atoms with E-state index < -0.39 is 5.60 Å². The molecule has 0 unspecified atom stereocenters. The van der Waals surface area contributed by atoms with E-state index in [2.05, 4.69) is 39.1 Å². The molecule has 2 fully saturated rings. The zero-order valence-electron chi connectivity index (χ0n) is 18.0. The first-order valence-electron chi connectivity index (χ1n) is 9.95. The van der Waals surface area contributed by atoms with Gasteiger partial charge in [-0.05, 0) is 13.8 Å². The average molecular weight is 434 g/mol. The lowest BCUT2D eigenvalue weighted by atomic mass is 9.71. The zero-order chi connectivity index (χ0) is 21.9. The van der Waals surface area contributed by atoms with Crippen LogP contribution in [0.5, 0.6) is 0 Å². The molecule has 2 aromatic rings. The molecule has 0 aromatic carbocycles. The van der Waals surface area contributed by atoms with Gasteiger partial charge in [0.25, 0.3) is 5.91 Å². The Kier molecular flexibility index (Phi) is 4.74. The summed E-state index contributed by atoms with van der Waals surface area (Å²) in [4.78, 5) is 25.5. The molecule has 0 bridgehead atoms. The van der Waals surface area contributed by atoms with Gasteiger partial charge in [-0.25, -0.2) is 4.98 Å². The van der Waals surface area contributed by atoms with Crippen LogP contribution in [0, 0.1) is 10.8 Å². The van der Waals surface area contributed by atoms with E-state index in [-0.39, 0.29) is 16.7 Å². The molecule has 9 nitrogen and oxygen atoms in total. The first kappa shape index (κ1) is 20.9. The molecule has 0 aliphatic carbocycles. The van der Waals surface area contributed by atoms with Crippen LogP contribution in [-0.2, 0) is 11.8 Å². The highest BCUT2D eigenvalue weighted by molar-refractivity contribution is 6.32. The summed E-state index contributed by atoms with van der Waals surface area (Å²) in [6.45, 7) is 10.1. The number of aryl methyl sites for hydroxylation is 1. The molecule has 2 atom stereocenters. The highest BCUT2D eigenvalue weighted by Crippen LogP contribution is 2.53. The molecule has 10 heteroatoms. The number of anilines is 3. The number of amides is 1. The lowest BCUT2D eigenvalue weighted by Gasteiger charge is -2.29. The lowest BCUT2D eigenvalue weighted by molar-refractivity contribution is -0.147. The maximum absolute atomic E-state index is 12.6. The van der Waals surface area contributed by atoms with Crippen molar-refractivity contribution in [2.45, 2.75) is 33.3 Å². The van der Waals surface area contributed by atoms with Crippen LogP contribution < -0.4 is 10.2 Å². The van der Waals surface area contributed by atoms with Gasteiger partial charge in [0, 0.05) is 50.3 Å². The number of hydrogen-bond acceptors (Lipinski definition) is 7. The molecule has 30 heavy (non-hydrogen) atoms. The number of hydrogen-bond donors (Lipinski definition) is 2. The number of nitrogens with zero attached hydrogens (tertiary/aromatic N) is 6. The molecule has 2 aliphatic rings. The smallest absolute Gasteiger partial charge is 0.253 e. The Balaban J connectivity index is 1.55. The van der Waals surface area contributed by atoms with Crippen LogP contribution in [0.25, 0.3) is 0 Å². The summed E-state index contributed by atoms with van der Waals surface area (Å²) in [7, 11) is 1.84. The lowest BCUT2D eigenvalue weighted by Crippen LogP contribution is -2.46. The molecule has 162 valence electrons. The summed E-state index contributed by atoms with van der Waals surface area (Å²) in [5, 5.41) is 17.9. The molecule has 2 aromatic heterocycles. The summed E-state index contributed by atoms with van der Waals surface area (Å²) in [6.07, 6.45) is 5.15. The largest absolute Gasteiger partial charge is 0.381 e. The predicted molar refractivity (Wildman–Crippen MR) is 115 cm³/mol. The van der Waals surface area contributed by atoms with Gasteiger partial charge in [0.2, 0.25) is 5.95 Å². The van der Waals surface area contributed by atoms with Gasteiger partial charge in [-0.3, -0.25) is 9.48 Å². The summed E-state index contributed by atoms with van der Waals surface area (Å²) in [6, 6.07) is 0. The first-order valence-corrected chi connectivity index (χ1v) is 10.3. The second-order valence-corrected chi connectivity index (χ2v) is 10.00. The van der Waals surface area contributed by atoms with E-state index in [0.717, 1.165) is 5.69 Å². The number of halogens is 1. The second kappa shape index (κ2) is 6.81. The van der Waals surface area contributed by atoms with Gasteiger partial charge in [0.05, 0.1) is 18.1 Å². The van der Waals surface area contributed by atoms with Crippen molar-refractivity contribution in [1.82, 2.24) is 24.6 Å². The number of nitrogens with one attached hydrogen (secondary N) is 1. The fourth-order valence-electron chi connectivity index (χ4n) is 4.60. The van der Waals surface area contributed by atoms with Crippen LogP contribution in [0.3, 0.4) is 0 Å². The van der Waals surface area contributed by atoms with Crippen LogP contribution in [-0.4, -0.2) is 67.4 Å². The Morgan fingerprint density at radius 3 is 2.37 bits per heavy atom. The van der Waals surface area contributed by atoms with E-state index in [1.807, 2.05) is 13.2 Å². The third-order valence-electron chi connectivity index (χ3n) is 6.41. The van der Waals surface area contributed by atoms with Gasteiger partial charge < -0.3 is 20.2 Å². The topological polar surface area (TPSA) is 99.4 Å². The number of fused-ring (bicyclic) bond motifs is 1. The Hall–Kier alpha value is -2.39. The van der Waals surface area contributed by atoms with Crippen LogP contribution in [0.4, 0.5) is 17.5 Å². The number of carbonyl (C=O) groups excluding carboxylic acids is 1. The van der Waals surface area contributed by atoms with E-state index in [4.69, 9.17) is 11.6 Å². The average Bonchev–Trinajstić information content (AvgIpc) is 3.23. The third-order valence-corrected chi connectivity index (χ3v) is 6.68. The van der Waals surface area contributed by atoms with E-state index in [1.54, 1.807) is 22.0 Å². The monoisotopic (exact) mass is 433 g/mol. The predicted octanol–water partition coefficient (Wildman–Crippen LogP) is 2.05. The van der Waals surface area contributed by atoms with E-state index in [1.165, 1.54) is 13.8 Å². The number of carbonyl (C=O) groups is 1. The zero-order valence-corrected chi connectivity index (χ0v) is 18.7. The molecule has 0 radical (unpaired) electrons. The van der Waals surface area contributed by atoms with Crippen molar-refractivity contribution in [2.75, 3.05) is 36.4 Å². The number of aliphatic hydroxyl groups is 1. The van der Waals surface area contributed by atoms with Gasteiger partial charge in [0.15, 0.2) is 5.82 Å². The minimum absolute atomic E-state index is 0.140. The molecule has 0 spiro atoms. The normalized spacial score (nSPS) is 26.2. The molecule has 2 saturated heterocycles. The second-order valence-electron chi connectivity index (χ2n) is 9.59. The highest BCUT2D eigenvalue weighted by Gasteiger charge is 2.59. The Morgan fingerprint density at radius 1 is 1.20 bits per heavy atom. The Morgan fingerprint density at radius 2 is 1.83 bits per heavy atom. The molecule has 0 saturated carbocycles.